The Morgan fingerprint density at radius 3 is 0.884 bits per heavy atom. The van der Waals surface area contributed by atoms with Crippen LogP contribution in [0.1, 0.15) is 0 Å². The summed E-state index contributed by atoms with van der Waals surface area (Å²) in [6.07, 6.45) is 0. The van der Waals surface area contributed by atoms with Crippen molar-refractivity contribution in [3.05, 3.63) is 168 Å². The Labute approximate surface area is 266 Å². The fraction of sp³-hybridized carbons (Fsp3) is 0. The van der Waals surface area contributed by atoms with Crippen LogP contribution < -0.4 is 0 Å². The summed E-state index contributed by atoms with van der Waals surface area (Å²) in [6.45, 7) is 0. The van der Waals surface area contributed by atoms with Crippen LogP contribution in [0, 0.1) is 0 Å². The summed E-state index contributed by atoms with van der Waals surface area (Å²) >= 11 is 14.1. The second-order valence-electron chi connectivity index (χ2n) is 10.4. The van der Waals surface area contributed by atoms with E-state index in [2.05, 4.69) is 133 Å². The standard InChI is InChI=1S/C40H26Cl2S/c41-35-23-19-29(20-24-35)27-11-15-33(16-12-27)39-37(31-7-3-1-4-8-31)38(32-9-5-2-6-10-32)40(43-39)34-17-13-28(14-18-34)30-21-25-36(42)26-22-30/h1-26H. The number of hydrogen-bond donors (Lipinski definition) is 0. The van der Waals surface area contributed by atoms with Crippen molar-refractivity contribution in [3.63, 3.8) is 0 Å². The second-order valence-corrected chi connectivity index (χ2v) is 12.3. The number of halogens is 2. The molecule has 0 atom stereocenters. The average molecular weight is 610 g/mol. The van der Waals surface area contributed by atoms with Crippen molar-refractivity contribution in [2.45, 2.75) is 0 Å². The molecule has 0 N–H and O–H groups in total. The lowest BCUT2D eigenvalue weighted by atomic mass is 9.91. The highest BCUT2D eigenvalue weighted by Gasteiger charge is 2.23. The van der Waals surface area contributed by atoms with Gasteiger partial charge in [-0.1, -0.05) is 157 Å². The normalized spacial score (nSPS) is 11.0. The van der Waals surface area contributed by atoms with Gasteiger partial charge in [-0.15, -0.1) is 11.3 Å². The molecule has 1 aromatic heterocycles. The zero-order valence-electron chi connectivity index (χ0n) is 23.2. The molecule has 0 saturated heterocycles. The SMILES string of the molecule is Clc1ccc(-c2ccc(-c3sc(-c4ccc(-c5ccc(Cl)cc5)cc4)c(-c4ccccc4)c3-c3ccccc3)cc2)cc1. The van der Waals surface area contributed by atoms with Gasteiger partial charge in [-0.2, -0.15) is 0 Å². The third-order valence-corrected chi connectivity index (χ3v) is 9.47. The Morgan fingerprint density at radius 1 is 0.279 bits per heavy atom. The predicted octanol–water partition coefficient (Wildman–Crippen LogP) is 13.1. The van der Waals surface area contributed by atoms with Crippen LogP contribution in [0.3, 0.4) is 0 Å². The van der Waals surface area contributed by atoms with E-state index < -0.39 is 0 Å². The predicted molar refractivity (Wildman–Crippen MR) is 187 cm³/mol. The van der Waals surface area contributed by atoms with E-state index in [0.29, 0.717) is 0 Å². The van der Waals surface area contributed by atoms with Gasteiger partial charge in [0.15, 0.2) is 0 Å². The molecule has 7 rings (SSSR count). The van der Waals surface area contributed by atoms with E-state index in [0.717, 1.165) is 21.2 Å². The van der Waals surface area contributed by atoms with Crippen molar-refractivity contribution in [2.75, 3.05) is 0 Å². The highest BCUT2D eigenvalue weighted by molar-refractivity contribution is 7.20. The number of thiophene rings is 1. The third kappa shape index (κ3) is 5.68. The molecule has 206 valence electrons. The summed E-state index contributed by atoms with van der Waals surface area (Å²) in [5.74, 6) is 0. The molecule has 0 aliphatic heterocycles. The zero-order valence-corrected chi connectivity index (χ0v) is 25.5. The van der Waals surface area contributed by atoms with Gasteiger partial charge in [-0.3, -0.25) is 0 Å². The first-order chi connectivity index (χ1) is 21.1. The first-order valence-electron chi connectivity index (χ1n) is 14.1. The fourth-order valence-corrected chi connectivity index (χ4v) is 7.12. The minimum Gasteiger partial charge on any atom is -0.134 e. The summed E-state index contributed by atoms with van der Waals surface area (Å²) < 4.78 is 0. The highest BCUT2D eigenvalue weighted by Crippen LogP contribution is 2.52. The van der Waals surface area contributed by atoms with Crippen LogP contribution in [0.5, 0.6) is 0 Å². The van der Waals surface area contributed by atoms with Crippen LogP contribution in [0.25, 0.3) is 65.4 Å². The molecular formula is C40H26Cl2S. The quantitative estimate of drug-likeness (QED) is 0.176. The summed E-state index contributed by atoms with van der Waals surface area (Å²) in [5, 5.41) is 1.49. The smallest absolute Gasteiger partial charge is 0.0434 e. The molecule has 0 radical (unpaired) electrons. The van der Waals surface area contributed by atoms with Gasteiger partial charge >= 0.3 is 0 Å². The van der Waals surface area contributed by atoms with Crippen molar-refractivity contribution in [1.82, 2.24) is 0 Å². The third-order valence-electron chi connectivity index (χ3n) is 7.68. The van der Waals surface area contributed by atoms with Gasteiger partial charge in [0.25, 0.3) is 0 Å². The lowest BCUT2D eigenvalue weighted by Gasteiger charge is -2.11. The van der Waals surface area contributed by atoms with Crippen molar-refractivity contribution in [1.29, 1.82) is 0 Å². The van der Waals surface area contributed by atoms with Gasteiger partial charge in [-0.05, 0) is 68.8 Å². The molecule has 0 fully saturated rings. The van der Waals surface area contributed by atoms with E-state index in [1.54, 1.807) is 0 Å². The average Bonchev–Trinajstić information content (AvgIpc) is 3.47. The van der Waals surface area contributed by atoms with Crippen LogP contribution in [-0.2, 0) is 0 Å². The molecule has 0 unspecified atom stereocenters. The molecule has 0 aliphatic rings. The van der Waals surface area contributed by atoms with Crippen molar-refractivity contribution < 1.29 is 0 Å². The number of hydrogen-bond acceptors (Lipinski definition) is 1. The number of rotatable bonds is 6. The lowest BCUT2D eigenvalue weighted by Crippen LogP contribution is -1.86. The molecule has 0 nitrogen and oxygen atoms in total. The Kier molecular flexibility index (Phi) is 7.70. The van der Waals surface area contributed by atoms with Gasteiger partial charge in [0.2, 0.25) is 0 Å². The number of benzene rings is 6. The molecule has 0 amide bonds. The largest absolute Gasteiger partial charge is 0.134 e. The molecule has 6 aromatic carbocycles. The van der Waals surface area contributed by atoms with Crippen LogP contribution in [0.15, 0.2) is 158 Å². The van der Waals surface area contributed by atoms with Gasteiger partial charge in [0.05, 0.1) is 0 Å². The van der Waals surface area contributed by atoms with Gasteiger partial charge < -0.3 is 0 Å². The minimum absolute atomic E-state index is 0.744. The molecule has 43 heavy (non-hydrogen) atoms. The molecular weight excluding hydrogens is 583 g/mol. The van der Waals surface area contributed by atoms with Crippen LogP contribution in [0.4, 0.5) is 0 Å². The maximum absolute atomic E-state index is 6.14. The van der Waals surface area contributed by atoms with Crippen molar-refractivity contribution >= 4 is 34.5 Å². The second kappa shape index (κ2) is 12.1. The van der Waals surface area contributed by atoms with E-state index in [-0.39, 0.29) is 0 Å². The Balaban J connectivity index is 1.40. The van der Waals surface area contributed by atoms with Gasteiger partial charge in [0, 0.05) is 30.9 Å². The lowest BCUT2D eigenvalue weighted by molar-refractivity contribution is 1.59. The maximum atomic E-state index is 6.14. The summed E-state index contributed by atoms with van der Waals surface area (Å²) in [7, 11) is 0. The van der Waals surface area contributed by atoms with E-state index in [1.807, 2.05) is 35.6 Å². The Morgan fingerprint density at radius 2 is 0.558 bits per heavy atom. The van der Waals surface area contributed by atoms with Gasteiger partial charge in [-0.25, -0.2) is 0 Å². The van der Waals surface area contributed by atoms with Crippen LogP contribution >= 0.6 is 34.5 Å². The van der Waals surface area contributed by atoms with Crippen LogP contribution in [0.2, 0.25) is 10.0 Å². The Bertz CT molecular complexity index is 1830. The van der Waals surface area contributed by atoms with Crippen molar-refractivity contribution in [2.24, 2.45) is 0 Å². The molecule has 1 heterocycles. The molecule has 0 spiro atoms. The molecule has 0 aliphatic carbocycles. The fourth-order valence-electron chi connectivity index (χ4n) is 5.51. The minimum atomic E-state index is 0.744. The van der Waals surface area contributed by atoms with E-state index >= 15 is 0 Å². The topological polar surface area (TPSA) is 0 Å². The summed E-state index contributed by atoms with van der Waals surface area (Å²) in [4.78, 5) is 2.51. The van der Waals surface area contributed by atoms with Gasteiger partial charge in [0.1, 0.15) is 0 Å². The zero-order chi connectivity index (χ0) is 29.2. The highest BCUT2D eigenvalue weighted by atomic mass is 35.5. The van der Waals surface area contributed by atoms with E-state index in [4.69, 9.17) is 23.2 Å². The first-order valence-corrected chi connectivity index (χ1v) is 15.7. The first kappa shape index (κ1) is 27.4. The molecule has 7 aromatic rings. The molecule has 0 saturated carbocycles. The summed E-state index contributed by atoms with van der Waals surface area (Å²) in [5.41, 5.74) is 12.0. The monoisotopic (exact) mass is 608 g/mol. The summed E-state index contributed by atoms with van der Waals surface area (Å²) in [6, 6.07) is 55.3. The van der Waals surface area contributed by atoms with Crippen LogP contribution in [-0.4, -0.2) is 0 Å². The Hall–Kier alpha value is -4.40. The van der Waals surface area contributed by atoms with E-state index in [1.165, 1.54) is 54.3 Å². The molecule has 3 heteroatoms. The molecule has 0 bridgehead atoms. The van der Waals surface area contributed by atoms with Crippen molar-refractivity contribution in [3.8, 4) is 65.4 Å². The van der Waals surface area contributed by atoms with E-state index in [9.17, 15) is 0 Å². The maximum Gasteiger partial charge on any atom is 0.0434 e.